The number of carbonyl (C=O) groups is 1. The first-order valence-corrected chi connectivity index (χ1v) is 9.24. The predicted molar refractivity (Wildman–Crippen MR) is 103 cm³/mol. The van der Waals surface area contributed by atoms with E-state index in [2.05, 4.69) is 15.5 Å². The lowest BCUT2D eigenvalue weighted by Gasteiger charge is -2.31. The summed E-state index contributed by atoms with van der Waals surface area (Å²) in [6.07, 6.45) is 1.98. The Morgan fingerprint density at radius 2 is 2.11 bits per heavy atom. The number of para-hydroxylation sites is 2. The van der Waals surface area contributed by atoms with E-state index < -0.39 is 4.92 Å². The lowest BCUT2D eigenvalue weighted by molar-refractivity contribution is -0.384. The van der Waals surface area contributed by atoms with Crippen LogP contribution < -0.4 is 5.32 Å². The minimum Gasteiger partial charge on any atom is -0.379 e. The van der Waals surface area contributed by atoms with Crippen molar-refractivity contribution in [2.45, 2.75) is 25.2 Å². The summed E-state index contributed by atoms with van der Waals surface area (Å²) in [6.45, 7) is 1.71. The molecule has 3 rings (SSSR count). The SMILES string of the molecule is Cn1c(C2CCN(C(=O)CCNc3ccccc3[N+](=O)[O-])CC2)n[nH]c1=S. The van der Waals surface area contributed by atoms with Crippen LogP contribution in [0.2, 0.25) is 0 Å². The average Bonchev–Trinajstić information content (AvgIpc) is 3.01. The number of likely N-dealkylation sites (tertiary alicyclic amines) is 1. The molecule has 1 aromatic heterocycles. The van der Waals surface area contributed by atoms with Crippen molar-refractivity contribution in [2.24, 2.45) is 7.05 Å². The van der Waals surface area contributed by atoms with Crippen LogP contribution in [0.1, 0.15) is 31.0 Å². The fraction of sp³-hybridized carbons (Fsp3) is 0.471. The molecule has 9 nitrogen and oxygen atoms in total. The first-order chi connectivity index (χ1) is 13.0. The Bertz CT molecular complexity index is 885. The van der Waals surface area contributed by atoms with E-state index in [1.807, 2.05) is 16.5 Å². The number of aromatic nitrogens is 3. The molecule has 10 heteroatoms. The normalized spacial score (nSPS) is 14.9. The van der Waals surface area contributed by atoms with E-state index in [9.17, 15) is 14.9 Å². The summed E-state index contributed by atoms with van der Waals surface area (Å²) in [6, 6.07) is 6.43. The Morgan fingerprint density at radius 3 is 2.74 bits per heavy atom. The number of hydrogen-bond acceptors (Lipinski definition) is 6. The zero-order chi connectivity index (χ0) is 19.4. The van der Waals surface area contributed by atoms with Crippen molar-refractivity contribution >= 4 is 29.5 Å². The molecule has 144 valence electrons. The maximum absolute atomic E-state index is 12.4. The number of nitro benzene ring substituents is 1. The number of piperidine rings is 1. The lowest BCUT2D eigenvalue weighted by atomic mass is 9.96. The topological polar surface area (TPSA) is 109 Å². The number of rotatable bonds is 6. The Hall–Kier alpha value is -2.75. The van der Waals surface area contributed by atoms with Gasteiger partial charge in [0.25, 0.3) is 5.69 Å². The number of hydrogen-bond donors (Lipinski definition) is 2. The summed E-state index contributed by atoms with van der Waals surface area (Å²) in [5, 5.41) is 21.1. The van der Waals surface area contributed by atoms with Crippen LogP contribution >= 0.6 is 12.2 Å². The fourth-order valence-corrected chi connectivity index (χ4v) is 3.50. The largest absolute Gasteiger partial charge is 0.379 e. The second-order valence-electron chi connectivity index (χ2n) is 6.55. The maximum Gasteiger partial charge on any atom is 0.292 e. The van der Waals surface area contributed by atoms with Gasteiger partial charge in [-0.3, -0.25) is 20.0 Å². The number of nitrogens with one attached hydrogen (secondary N) is 2. The molecule has 1 fully saturated rings. The van der Waals surface area contributed by atoms with Gasteiger partial charge in [0, 0.05) is 45.1 Å². The molecule has 1 aliphatic heterocycles. The van der Waals surface area contributed by atoms with E-state index >= 15 is 0 Å². The first kappa shape index (κ1) is 19.0. The second kappa shape index (κ2) is 8.30. The summed E-state index contributed by atoms with van der Waals surface area (Å²) in [5.74, 6) is 1.28. The van der Waals surface area contributed by atoms with Crippen molar-refractivity contribution in [1.29, 1.82) is 0 Å². The van der Waals surface area contributed by atoms with E-state index in [-0.39, 0.29) is 17.5 Å². The second-order valence-corrected chi connectivity index (χ2v) is 6.94. The highest BCUT2D eigenvalue weighted by Crippen LogP contribution is 2.27. The zero-order valence-electron chi connectivity index (χ0n) is 15.1. The highest BCUT2D eigenvalue weighted by molar-refractivity contribution is 7.71. The first-order valence-electron chi connectivity index (χ1n) is 8.83. The molecule has 2 aromatic rings. The molecule has 1 saturated heterocycles. The molecule has 2 heterocycles. The fourth-order valence-electron chi connectivity index (χ4n) is 3.36. The third-order valence-corrected chi connectivity index (χ3v) is 5.25. The summed E-state index contributed by atoms with van der Waals surface area (Å²) in [5.41, 5.74) is 0.443. The summed E-state index contributed by atoms with van der Waals surface area (Å²) in [7, 11) is 1.90. The molecule has 0 atom stereocenters. The number of benzene rings is 1. The summed E-state index contributed by atoms with van der Waals surface area (Å²) < 4.78 is 2.48. The Labute approximate surface area is 161 Å². The molecule has 0 unspecified atom stereocenters. The monoisotopic (exact) mass is 390 g/mol. The van der Waals surface area contributed by atoms with E-state index in [0.717, 1.165) is 18.7 Å². The number of aromatic amines is 1. The van der Waals surface area contributed by atoms with Gasteiger partial charge in [0.15, 0.2) is 4.77 Å². The van der Waals surface area contributed by atoms with Gasteiger partial charge in [-0.2, -0.15) is 5.10 Å². The quantitative estimate of drug-likeness (QED) is 0.446. The van der Waals surface area contributed by atoms with Gasteiger partial charge in [-0.25, -0.2) is 0 Å². The third-order valence-electron chi connectivity index (χ3n) is 4.88. The molecule has 1 aliphatic rings. The smallest absolute Gasteiger partial charge is 0.292 e. The third kappa shape index (κ3) is 4.33. The van der Waals surface area contributed by atoms with Crippen molar-refractivity contribution in [3.05, 3.63) is 45.0 Å². The van der Waals surface area contributed by atoms with Crippen molar-refractivity contribution in [3.63, 3.8) is 0 Å². The Kier molecular flexibility index (Phi) is 5.84. The van der Waals surface area contributed by atoms with Gasteiger partial charge in [-0.05, 0) is 31.1 Å². The molecular weight excluding hydrogens is 368 g/mol. The molecule has 0 saturated carbocycles. The highest BCUT2D eigenvalue weighted by Gasteiger charge is 2.26. The van der Waals surface area contributed by atoms with Gasteiger partial charge in [0.2, 0.25) is 5.91 Å². The predicted octanol–water partition coefficient (Wildman–Crippen LogP) is 2.59. The van der Waals surface area contributed by atoms with E-state index in [1.165, 1.54) is 6.07 Å². The van der Waals surface area contributed by atoms with E-state index in [0.29, 0.717) is 36.5 Å². The van der Waals surface area contributed by atoms with Gasteiger partial charge in [-0.15, -0.1) is 0 Å². The number of H-pyrrole nitrogens is 1. The molecule has 2 N–H and O–H groups in total. The van der Waals surface area contributed by atoms with Crippen LogP contribution in [-0.2, 0) is 11.8 Å². The van der Waals surface area contributed by atoms with E-state index in [1.54, 1.807) is 18.2 Å². The Morgan fingerprint density at radius 1 is 1.41 bits per heavy atom. The van der Waals surface area contributed by atoms with Crippen LogP contribution in [0.3, 0.4) is 0 Å². The molecule has 0 radical (unpaired) electrons. The summed E-state index contributed by atoms with van der Waals surface area (Å²) >= 11 is 5.15. The van der Waals surface area contributed by atoms with Crippen LogP contribution in [0, 0.1) is 14.9 Å². The standard InChI is InChI=1S/C17H22N6O3S/c1-21-16(19-20-17(21)27)12-7-10-22(11-8-12)15(24)6-9-18-13-4-2-3-5-14(13)23(25)26/h2-5,12,18H,6-11H2,1H3,(H,20,27). The van der Waals surface area contributed by atoms with Crippen molar-refractivity contribution in [2.75, 3.05) is 25.0 Å². The lowest BCUT2D eigenvalue weighted by Crippen LogP contribution is -2.39. The molecule has 0 aliphatic carbocycles. The minimum atomic E-state index is -0.432. The minimum absolute atomic E-state index is 0.0127. The number of nitro groups is 1. The van der Waals surface area contributed by atoms with Crippen LogP contribution in [0.5, 0.6) is 0 Å². The highest BCUT2D eigenvalue weighted by atomic mass is 32.1. The van der Waals surface area contributed by atoms with Gasteiger partial charge >= 0.3 is 0 Å². The Balaban J connectivity index is 1.48. The number of nitrogens with zero attached hydrogens (tertiary/aromatic N) is 4. The number of amides is 1. The zero-order valence-corrected chi connectivity index (χ0v) is 15.9. The maximum atomic E-state index is 12.4. The molecule has 0 spiro atoms. The van der Waals surface area contributed by atoms with Crippen LogP contribution in [0.4, 0.5) is 11.4 Å². The van der Waals surface area contributed by atoms with Crippen LogP contribution in [0.25, 0.3) is 0 Å². The average molecular weight is 390 g/mol. The molecule has 27 heavy (non-hydrogen) atoms. The molecule has 1 aromatic carbocycles. The van der Waals surface area contributed by atoms with Crippen molar-refractivity contribution in [1.82, 2.24) is 19.7 Å². The van der Waals surface area contributed by atoms with Gasteiger partial charge in [0.1, 0.15) is 11.5 Å². The van der Waals surface area contributed by atoms with Gasteiger partial charge in [0.05, 0.1) is 4.92 Å². The summed E-state index contributed by atoms with van der Waals surface area (Å²) in [4.78, 5) is 24.9. The molecule has 0 bridgehead atoms. The van der Waals surface area contributed by atoms with Crippen molar-refractivity contribution < 1.29 is 9.72 Å². The van der Waals surface area contributed by atoms with Gasteiger partial charge < -0.3 is 14.8 Å². The number of anilines is 1. The van der Waals surface area contributed by atoms with Crippen LogP contribution in [-0.4, -0.2) is 50.1 Å². The molecule has 1 amide bonds. The van der Waals surface area contributed by atoms with Gasteiger partial charge in [-0.1, -0.05) is 12.1 Å². The van der Waals surface area contributed by atoms with Crippen molar-refractivity contribution in [3.8, 4) is 0 Å². The van der Waals surface area contributed by atoms with E-state index in [4.69, 9.17) is 12.2 Å². The number of carbonyl (C=O) groups excluding carboxylic acids is 1. The molecular formula is C17H22N6O3S. The van der Waals surface area contributed by atoms with Crippen LogP contribution in [0.15, 0.2) is 24.3 Å².